The van der Waals surface area contributed by atoms with Gasteiger partial charge >= 0.3 is 0 Å². The lowest BCUT2D eigenvalue weighted by Gasteiger charge is -2.48. The molecule has 3 aliphatic rings. The van der Waals surface area contributed by atoms with E-state index in [0.29, 0.717) is 23.5 Å². The average molecular weight is 285 g/mol. The third kappa shape index (κ3) is 1.76. The highest BCUT2D eigenvalue weighted by Gasteiger charge is 2.53. The van der Waals surface area contributed by atoms with Gasteiger partial charge in [0, 0.05) is 5.41 Å². The van der Waals surface area contributed by atoms with E-state index in [0.717, 1.165) is 25.0 Å². The first kappa shape index (κ1) is 13.2. The Morgan fingerprint density at radius 3 is 2.86 bits per heavy atom. The van der Waals surface area contributed by atoms with Gasteiger partial charge in [0.15, 0.2) is 0 Å². The maximum absolute atomic E-state index is 9.70. The number of hydrogen-bond donors (Lipinski definition) is 2. The molecule has 0 amide bonds. The molecule has 3 nitrogen and oxygen atoms in total. The predicted octanol–water partition coefficient (Wildman–Crippen LogP) is 4.08. The van der Waals surface area contributed by atoms with Gasteiger partial charge in [0.05, 0.1) is 5.71 Å². The number of oxime groups is 1. The van der Waals surface area contributed by atoms with Crippen LogP contribution in [0.2, 0.25) is 0 Å². The minimum Gasteiger partial charge on any atom is -0.508 e. The maximum atomic E-state index is 9.70. The van der Waals surface area contributed by atoms with Crippen molar-refractivity contribution in [1.82, 2.24) is 0 Å². The molecule has 1 aromatic rings. The van der Waals surface area contributed by atoms with E-state index in [1.54, 1.807) is 0 Å². The lowest BCUT2D eigenvalue weighted by molar-refractivity contribution is 0.0938. The third-order valence-corrected chi connectivity index (χ3v) is 6.57. The van der Waals surface area contributed by atoms with Gasteiger partial charge in [0.25, 0.3) is 0 Å². The smallest absolute Gasteiger partial charge is 0.115 e. The van der Waals surface area contributed by atoms with Crippen LogP contribution < -0.4 is 0 Å². The predicted molar refractivity (Wildman–Crippen MR) is 81.9 cm³/mol. The van der Waals surface area contributed by atoms with E-state index in [4.69, 9.17) is 0 Å². The molecule has 4 rings (SSSR count). The summed E-state index contributed by atoms with van der Waals surface area (Å²) in [5, 5.41) is 22.6. The van der Waals surface area contributed by atoms with Crippen LogP contribution in [0.4, 0.5) is 0 Å². The fourth-order valence-corrected chi connectivity index (χ4v) is 5.52. The van der Waals surface area contributed by atoms with Gasteiger partial charge in [0.1, 0.15) is 5.75 Å². The number of phenols is 1. The van der Waals surface area contributed by atoms with Crippen LogP contribution in [0, 0.1) is 17.3 Å². The van der Waals surface area contributed by atoms with Crippen molar-refractivity contribution in [2.45, 2.75) is 51.4 Å². The number of benzene rings is 1. The van der Waals surface area contributed by atoms with Crippen LogP contribution in [-0.2, 0) is 6.42 Å². The largest absolute Gasteiger partial charge is 0.508 e. The number of fused-ring (bicyclic) bond motifs is 5. The van der Waals surface area contributed by atoms with Gasteiger partial charge in [-0.25, -0.2) is 0 Å². The first-order valence-electron chi connectivity index (χ1n) is 8.16. The van der Waals surface area contributed by atoms with Crippen LogP contribution in [0.3, 0.4) is 0 Å². The van der Waals surface area contributed by atoms with Gasteiger partial charge in [-0.3, -0.25) is 0 Å². The summed E-state index contributed by atoms with van der Waals surface area (Å²) in [5.41, 5.74) is 3.95. The van der Waals surface area contributed by atoms with E-state index >= 15 is 0 Å². The molecule has 1 aromatic carbocycles. The van der Waals surface area contributed by atoms with Gasteiger partial charge in [-0.05, 0) is 79.5 Å². The van der Waals surface area contributed by atoms with Crippen molar-refractivity contribution in [3.63, 3.8) is 0 Å². The van der Waals surface area contributed by atoms with Crippen molar-refractivity contribution >= 4 is 5.71 Å². The van der Waals surface area contributed by atoms with Crippen LogP contribution in [0.5, 0.6) is 5.75 Å². The molecule has 3 aliphatic carbocycles. The number of phenolic OH excluding ortho intramolecular Hbond substituents is 1. The third-order valence-electron chi connectivity index (χ3n) is 6.57. The molecule has 0 aromatic heterocycles. The van der Waals surface area contributed by atoms with E-state index in [1.807, 2.05) is 12.1 Å². The molecule has 2 saturated carbocycles. The molecule has 0 radical (unpaired) electrons. The highest BCUT2D eigenvalue weighted by molar-refractivity contribution is 5.92. The molecular formula is C18H23NO2. The molecule has 4 atom stereocenters. The van der Waals surface area contributed by atoms with E-state index in [2.05, 4.69) is 18.1 Å². The van der Waals surface area contributed by atoms with Gasteiger partial charge in [-0.15, -0.1) is 0 Å². The Morgan fingerprint density at radius 2 is 2.05 bits per heavy atom. The van der Waals surface area contributed by atoms with E-state index < -0.39 is 0 Å². The molecule has 0 aliphatic heterocycles. The first-order chi connectivity index (χ1) is 10.1. The second kappa shape index (κ2) is 4.49. The van der Waals surface area contributed by atoms with Crippen LogP contribution in [0.15, 0.2) is 23.4 Å². The van der Waals surface area contributed by atoms with Crippen LogP contribution >= 0.6 is 0 Å². The molecule has 0 unspecified atom stereocenters. The number of aryl methyl sites for hydroxylation is 1. The molecular weight excluding hydrogens is 262 g/mol. The molecule has 0 heterocycles. The van der Waals surface area contributed by atoms with Gasteiger partial charge in [0.2, 0.25) is 0 Å². The number of hydrogen-bond acceptors (Lipinski definition) is 3. The average Bonchev–Trinajstić information content (AvgIpc) is 2.83. The number of rotatable bonds is 0. The van der Waals surface area contributed by atoms with E-state index in [1.165, 1.54) is 30.4 Å². The van der Waals surface area contributed by atoms with Crippen LogP contribution in [-0.4, -0.2) is 16.0 Å². The van der Waals surface area contributed by atoms with Crippen molar-refractivity contribution in [2.24, 2.45) is 22.4 Å². The molecule has 0 saturated heterocycles. The fourth-order valence-electron chi connectivity index (χ4n) is 5.52. The Morgan fingerprint density at radius 1 is 1.19 bits per heavy atom. The lowest BCUT2D eigenvalue weighted by atomic mass is 9.55. The Bertz CT molecular complexity index is 609. The second-order valence-corrected chi connectivity index (χ2v) is 7.34. The highest BCUT2D eigenvalue weighted by Crippen LogP contribution is 2.59. The standard InChI is InChI=1S/C18H23NO2/c1-18-9-8-14-13-5-3-12(20)10-11(13)2-4-15(14)16(18)6-7-17(18)19-21/h3,5,10,14-16,20-21H,2,4,6-9H2,1H3/t14-,15+,16-,18-/m0/s1. The van der Waals surface area contributed by atoms with Crippen molar-refractivity contribution in [1.29, 1.82) is 0 Å². The van der Waals surface area contributed by atoms with Crippen molar-refractivity contribution in [3.8, 4) is 5.75 Å². The minimum atomic E-state index is 0.115. The number of nitrogens with zero attached hydrogens (tertiary/aromatic N) is 1. The first-order valence-corrected chi connectivity index (χ1v) is 8.16. The summed E-state index contributed by atoms with van der Waals surface area (Å²) in [4.78, 5) is 0. The van der Waals surface area contributed by atoms with Crippen molar-refractivity contribution in [3.05, 3.63) is 29.3 Å². The topological polar surface area (TPSA) is 52.8 Å². The molecule has 112 valence electrons. The van der Waals surface area contributed by atoms with Crippen LogP contribution in [0.1, 0.15) is 56.1 Å². The Kier molecular flexibility index (Phi) is 2.82. The fraction of sp³-hybridized carbons (Fsp3) is 0.611. The monoisotopic (exact) mass is 285 g/mol. The molecule has 2 N–H and O–H groups in total. The quantitative estimate of drug-likeness (QED) is 0.557. The molecule has 3 heteroatoms. The molecule has 2 fully saturated rings. The second-order valence-electron chi connectivity index (χ2n) is 7.34. The zero-order chi connectivity index (χ0) is 14.6. The van der Waals surface area contributed by atoms with Crippen LogP contribution in [0.25, 0.3) is 0 Å². The Balaban J connectivity index is 1.72. The number of aromatic hydroxyl groups is 1. The Hall–Kier alpha value is -1.51. The summed E-state index contributed by atoms with van der Waals surface area (Å²) in [6.45, 7) is 2.31. The summed E-state index contributed by atoms with van der Waals surface area (Å²) in [7, 11) is 0. The summed E-state index contributed by atoms with van der Waals surface area (Å²) in [5.74, 6) is 2.39. The van der Waals surface area contributed by atoms with Crippen molar-refractivity contribution in [2.75, 3.05) is 0 Å². The summed E-state index contributed by atoms with van der Waals surface area (Å²) in [6.07, 6.45) is 6.71. The zero-order valence-corrected chi connectivity index (χ0v) is 12.5. The van der Waals surface area contributed by atoms with Crippen molar-refractivity contribution < 1.29 is 10.3 Å². The van der Waals surface area contributed by atoms with E-state index in [-0.39, 0.29) is 5.41 Å². The normalized spacial score (nSPS) is 39.7. The summed E-state index contributed by atoms with van der Waals surface area (Å²) < 4.78 is 0. The molecule has 0 bridgehead atoms. The minimum absolute atomic E-state index is 0.115. The summed E-state index contributed by atoms with van der Waals surface area (Å²) in [6, 6.07) is 5.93. The van der Waals surface area contributed by atoms with Gasteiger partial charge in [-0.2, -0.15) is 0 Å². The zero-order valence-electron chi connectivity index (χ0n) is 12.5. The summed E-state index contributed by atoms with van der Waals surface area (Å²) >= 11 is 0. The molecule has 21 heavy (non-hydrogen) atoms. The van der Waals surface area contributed by atoms with E-state index in [9.17, 15) is 10.3 Å². The van der Waals surface area contributed by atoms with Gasteiger partial charge in [-0.1, -0.05) is 18.1 Å². The highest BCUT2D eigenvalue weighted by atomic mass is 16.4. The maximum Gasteiger partial charge on any atom is 0.115 e. The SMILES string of the molecule is C[C@]12CC[C@H]3c4ccc(O)cc4CC[C@H]3[C@@H]1CCC2=NO. The Labute approximate surface area is 125 Å². The lowest BCUT2D eigenvalue weighted by Crippen LogP contribution is -2.42. The van der Waals surface area contributed by atoms with Gasteiger partial charge < -0.3 is 10.3 Å². The molecule has 0 spiro atoms.